The zero-order valence-electron chi connectivity index (χ0n) is 11.0. The summed E-state index contributed by atoms with van der Waals surface area (Å²) in [4.78, 5) is 0. The standard InChI is InChI=1S/C13H26SSi/c1-6-15(7-2,8-3)12-11-14-10-9-13(4)5/h13H,6-10H2,1-5H3. The second-order valence-electron chi connectivity index (χ2n) is 4.60. The number of hydrogen-bond acceptors (Lipinski definition) is 1. The normalized spacial score (nSPS) is 11.3. The summed E-state index contributed by atoms with van der Waals surface area (Å²) in [6, 6.07) is 3.95. The molecule has 0 aromatic carbocycles. The summed E-state index contributed by atoms with van der Waals surface area (Å²) in [6.45, 7) is 11.5. The van der Waals surface area contributed by atoms with Crippen LogP contribution in [-0.2, 0) is 0 Å². The van der Waals surface area contributed by atoms with Crippen LogP contribution in [0, 0.1) is 16.7 Å². The molecule has 0 aromatic rings. The first kappa shape index (κ1) is 15.1. The van der Waals surface area contributed by atoms with Gasteiger partial charge in [0.2, 0.25) is 0 Å². The van der Waals surface area contributed by atoms with Crippen LogP contribution in [0.25, 0.3) is 0 Å². The Labute approximate surface area is 102 Å². The zero-order valence-corrected chi connectivity index (χ0v) is 12.8. The molecule has 2 heteroatoms. The first-order valence-corrected chi connectivity index (χ1v) is 9.84. The van der Waals surface area contributed by atoms with Gasteiger partial charge in [0.25, 0.3) is 0 Å². The Morgan fingerprint density at radius 2 is 1.60 bits per heavy atom. The fourth-order valence-electron chi connectivity index (χ4n) is 1.51. The third-order valence-corrected chi connectivity index (χ3v) is 8.80. The summed E-state index contributed by atoms with van der Waals surface area (Å²) < 4.78 is 0. The number of hydrogen-bond donors (Lipinski definition) is 0. The van der Waals surface area contributed by atoms with E-state index in [9.17, 15) is 0 Å². The van der Waals surface area contributed by atoms with Crippen molar-refractivity contribution in [2.24, 2.45) is 5.92 Å². The van der Waals surface area contributed by atoms with E-state index < -0.39 is 8.07 Å². The van der Waals surface area contributed by atoms with Gasteiger partial charge >= 0.3 is 0 Å². The van der Waals surface area contributed by atoms with Gasteiger partial charge in [0, 0.05) is 5.75 Å². The van der Waals surface area contributed by atoms with E-state index in [-0.39, 0.29) is 0 Å². The van der Waals surface area contributed by atoms with Crippen molar-refractivity contribution in [2.45, 2.75) is 59.2 Å². The van der Waals surface area contributed by atoms with Crippen molar-refractivity contribution in [2.75, 3.05) is 5.75 Å². The van der Waals surface area contributed by atoms with E-state index in [1.807, 2.05) is 11.8 Å². The molecule has 0 aromatic heterocycles. The van der Waals surface area contributed by atoms with Crippen molar-refractivity contribution >= 4 is 19.8 Å². The Balaban J connectivity index is 4.01. The minimum atomic E-state index is -1.18. The smallest absolute Gasteiger partial charge is 0.119 e. The molecule has 0 radical (unpaired) electrons. The van der Waals surface area contributed by atoms with Gasteiger partial charge < -0.3 is 0 Å². The van der Waals surface area contributed by atoms with Crippen molar-refractivity contribution < 1.29 is 0 Å². The molecule has 0 heterocycles. The Morgan fingerprint density at radius 1 is 1.07 bits per heavy atom. The van der Waals surface area contributed by atoms with E-state index in [1.54, 1.807) is 0 Å². The van der Waals surface area contributed by atoms with Gasteiger partial charge in [-0.15, -0.1) is 5.54 Å². The molecule has 0 aliphatic carbocycles. The van der Waals surface area contributed by atoms with Crippen LogP contribution in [0.15, 0.2) is 0 Å². The minimum absolute atomic E-state index is 0.810. The lowest BCUT2D eigenvalue weighted by molar-refractivity contribution is 0.632. The number of rotatable bonds is 6. The third kappa shape index (κ3) is 6.32. The van der Waals surface area contributed by atoms with Gasteiger partial charge in [-0.05, 0) is 35.7 Å². The van der Waals surface area contributed by atoms with Gasteiger partial charge in [-0.3, -0.25) is 0 Å². The van der Waals surface area contributed by atoms with E-state index in [0.717, 1.165) is 5.92 Å². The first-order valence-electron chi connectivity index (χ1n) is 6.24. The van der Waals surface area contributed by atoms with Gasteiger partial charge in [0.1, 0.15) is 8.07 Å². The second-order valence-corrected chi connectivity index (χ2v) is 10.4. The second kappa shape index (κ2) is 8.30. The molecule has 0 bridgehead atoms. The lowest BCUT2D eigenvalue weighted by Gasteiger charge is -2.19. The molecule has 15 heavy (non-hydrogen) atoms. The van der Waals surface area contributed by atoms with Crippen LogP contribution in [0.1, 0.15) is 41.0 Å². The molecule has 0 amide bonds. The summed E-state index contributed by atoms with van der Waals surface area (Å²) in [6.07, 6.45) is 1.29. The Hall–Kier alpha value is 0.127. The molecule has 0 unspecified atom stereocenters. The van der Waals surface area contributed by atoms with Gasteiger partial charge in [-0.25, -0.2) is 0 Å². The molecule has 0 rings (SSSR count). The van der Waals surface area contributed by atoms with Crippen molar-refractivity contribution in [3.8, 4) is 10.8 Å². The van der Waals surface area contributed by atoms with Crippen molar-refractivity contribution in [1.29, 1.82) is 0 Å². The van der Waals surface area contributed by atoms with Crippen LogP contribution >= 0.6 is 11.8 Å². The fourth-order valence-corrected chi connectivity index (χ4v) is 5.38. The average Bonchev–Trinajstić information content (AvgIpc) is 2.24. The van der Waals surface area contributed by atoms with E-state index in [2.05, 4.69) is 45.4 Å². The highest BCUT2D eigenvalue weighted by Crippen LogP contribution is 2.19. The summed E-state index contributed by atoms with van der Waals surface area (Å²) in [5.41, 5.74) is 3.61. The summed E-state index contributed by atoms with van der Waals surface area (Å²) in [7, 11) is -1.18. The zero-order chi connectivity index (χ0) is 11.7. The van der Waals surface area contributed by atoms with Crippen LogP contribution in [0.3, 0.4) is 0 Å². The molecule has 0 atom stereocenters. The van der Waals surface area contributed by atoms with Gasteiger partial charge in [-0.2, -0.15) is 0 Å². The Bertz CT molecular complexity index is 200. The predicted molar refractivity (Wildman–Crippen MR) is 76.9 cm³/mol. The van der Waals surface area contributed by atoms with Crippen molar-refractivity contribution in [3.63, 3.8) is 0 Å². The maximum atomic E-state index is 3.61. The van der Waals surface area contributed by atoms with E-state index in [1.165, 1.54) is 30.3 Å². The highest BCUT2D eigenvalue weighted by atomic mass is 32.2. The van der Waals surface area contributed by atoms with Crippen LogP contribution in [0.2, 0.25) is 18.1 Å². The van der Waals surface area contributed by atoms with Gasteiger partial charge in [-0.1, -0.05) is 46.4 Å². The van der Waals surface area contributed by atoms with E-state index in [0.29, 0.717) is 0 Å². The molecule has 0 saturated carbocycles. The largest absolute Gasteiger partial charge is 0.138 e. The molecular weight excluding hydrogens is 216 g/mol. The maximum absolute atomic E-state index is 3.61. The molecule has 0 saturated heterocycles. The maximum Gasteiger partial charge on any atom is 0.138 e. The number of thioether (sulfide) groups is 1. The molecule has 0 aliphatic heterocycles. The Kier molecular flexibility index (Phi) is 8.37. The Morgan fingerprint density at radius 3 is 2.00 bits per heavy atom. The predicted octanol–water partition coefficient (Wildman–Crippen LogP) is 4.77. The summed E-state index contributed by atoms with van der Waals surface area (Å²) in [5.74, 6) is 2.01. The monoisotopic (exact) mass is 242 g/mol. The first-order chi connectivity index (χ1) is 7.10. The van der Waals surface area contributed by atoms with Crippen molar-refractivity contribution in [1.82, 2.24) is 0 Å². The highest BCUT2D eigenvalue weighted by molar-refractivity contribution is 8.03. The molecule has 0 fully saturated rings. The van der Waals surface area contributed by atoms with Crippen LogP contribution in [0.5, 0.6) is 0 Å². The van der Waals surface area contributed by atoms with Crippen LogP contribution < -0.4 is 0 Å². The molecule has 0 nitrogen and oxygen atoms in total. The SMILES string of the molecule is CC[Si](C#CSCCC(C)C)(CC)CC. The molecule has 0 spiro atoms. The van der Waals surface area contributed by atoms with Crippen molar-refractivity contribution in [3.05, 3.63) is 0 Å². The summed E-state index contributed by atoms with van der Waals surface area (Å²) >= 11 is 1.83. The van der Waals surface area contributed by atoms with Gasteiger partial charge in [0.05, 0.1) is 0 Å². The quantitative estimate of drug-likeness (QED) is 0.367. The van der Waals surface area contributed by atoms with Crippen LogP contribution in [-0.4, -0.2) is 13.8 Å². The lowest BCUT2D eigenvalue weighted by Crippen LogP contribution is -2.29. The fraction of sp³-hybridized carbons (Fsp3) is 0.846. The highest BCUT2D eigenvalue weighted by Gasteiger charge is 2.23. The third-order valence-electron chi connectivity index (χ3n) is 3.22. The lowest BCUT2D eigenvalue weighted by atomic mass is 10.2. The molecule has 0 aliphatic rings. The average molecular weight is 243 g/mol. The van der Waals surface area contributed by atoms with E-state index in [4.69, 9.17) is 0 Å². The van der Waals surface area contributed by atoms with Crippen LogP contribution in [0.4, 0.5) is 0 Å². The topological polar surface area (TPSA) is 0 Å². The molecular formula is C13H26SSi. The van der Waals surface area contributed by atoms with Gasteiger partial charge in [0.15, 0.2) is 0 Å². The summed E-state index contributed by atoms with van der Waals surface area (Å²) in [5, 5.41) is 3.36. The molecule has 88 valence electrons. The minimum Gasteiger partial charge on any atom is -0.119 e. The van der Waals surface area contributed by atoms with E-state index >= 15 is 0 Å². The molecule has 0 N–H and O–H groups in total.